The monoisotopic (exact) mass is 1110 g/mol. The van der Waals surface area contributed by atoms with Crippen molar-refractivity contribution in [2.75, 3.05) is 19.6 Å². The predicted octanol–water partition coefficient (Wildman–Crippen LogP) is 16.2. The van der Waals surface area contributed by atoms with Gasteiger partial charge in [0, 0.05) is 84.2 Å². The van der Waals surface area contributed by atoms with E-state index in [0.717, 1.165) is 11.8 Å². The van der Waals surface area contributed by atoms with Gasteiger partial charge in [-0.25, -0.2) is 0 Å². The van der Waals surface area contributed by atoms with Gasteiger partial charge in [-0.2, -0.15) is 0 Å². The Balaban J connectivity index is 0.920. The maximum atomic E-state index is 2.92. The Morgan fingerprint density at radius 2 is 0.894 bits per heavy atom. The molecule has 8 aliphatic rings. The van der Waals surface area contributed by atoms with Crippen LogP contribution in [-0.4, -0.2) is 25.5 Å². The molecule has 7 heteroatoms. The van der Waals surface area contributed by atoms with Crippen molar-refractivity contribution in [3.63, 3.8) is 0 Å². The molecule has 0 radical (unpaired) electrons. The number of rotatable bonds is 7. The molecule has 4 bridgehead atoms. The molecule has 0 N–H and O–H groups in total. The van der Waals surface area contributed by atoms with Crippen molar-refractivity contribution < 1.29 is 0 Å². The number of nitrogens with zero attached hydrogens (tertiary/aromatic N) is 4. The van der Waals surface area contributed by atoms with Gasteiger partial charge in [0.1, 0.15) is 0 Å². The maximum absolute atomic E-state index is 2.92. The fraction of sp³-hybridized carbons (Fsp3) is 0.154. The molecule has 406 valence electrons. The molecule has 19 rings (SSSR count). The molecular formula is C78H62B2N4S. The number of benzene rings is 11. The fourth-order valence-electron chi connectivity index (χ4n) is 16.7. The Labute approximate surface area is 504 Å². The lowest BCUT2D eigenvalue weighted by molar-refractivity contribution is 0.340. The van der Waals surface area contributed by atoms with Gasteiger partial charge < -0.3 is 19.6 Å². The van der Waals surface area contributed by atoms with Crippen LogP contribution in [0.2, 0.25) is 0 Å². The van der Waals surface area contributed by atoms with E-state index in [-0.39, 0.29) is 18.8 Å². The van der Waals surface area contributed by atoms with Crippen LogP contribution >= 0.6 is 11.8 Å². The molecule has 2 saturated carbocycles. The fourth-order valence-corrected chi connectivity index (χ4v) is 18.0. The van der Waals surface area contributed by atoms with Crippen LogP contribution in [0.1, 0.15) is 52.0 Å². The van der Waals surface area contributed by atoms with Crippen molar-refractivity contribution >= 4 is 115 Å². The number of hydrogen-bond acceptors (Lipinski definition) is 5. The molecule has 4 unspecified atom stereocenters. The zero-order valence-corrected chi connectivity index (χ0v) is 49.0. The van der Waals surface area contributed by atoms with Gasteiger partial charge in [-0.1, -0.05) is 208 Å². The molecule has 4 atom stereocenters. The minimum Gasteiger partial charge on any atom is -0.365 e. The number of piperidine rings is 1. The lowest BCUT2D eigenvalue weighted by atomic mass is 9.31. The van der Waals surface area contributed by atoms with Gasteiger partial charge in [-0.3, -0.25) is 0 Å². The van der Waals surface area contributed by atoms with E-state index in [4.69, 9.17) is 0 Å². The van der Waals surface area contributed by atoms with E-state index < -0.39 is 0 Å². The number of para-hydroxylation sites is 4. The summed E-state index contributed by atoms with van der Waals surface area (Å²) in [6.45, 7) is 7.05. The second-order valence-corrected chi connectivity index (χ2v) is 27.1. The van der Waals surface area contributed by atoms with E-state index in [9.17, 15) is 0 Å². The number of hydrogen-bond donors (Lipinski definition) is 0. The highest BCUT2D eigenvalue weighted by Crippen LogP contribution is 2.57. The van der Waals surface area contributed by atoms with Crippen LogP contribution < -0.4 is 52.4 Å². The first kappa shape index (κ1) is 49.5. The van der Waals surface area contributed by atoms with Crippen LogP contribution in [0.3, 0.4) is 0 Å². The second-order valence-electron chi connectivity index (χ2n) is 26.0. The molecule has 2 saturated heterocycles. The topological polar surface area (TPSA) is 13.0 Å². The molecule has 11 aromatic carbocycles. The third-order valence-electron chi connectivity index (χ3n) is 20.2. The average molecular weight is 1110 g/mol. The first-order valence-electron chi connectivity index (χ1n) is 30.8. The summed E-state index contributed by atoms with van der Waals surface area (Å²) in [5.74, 6) is 1.63. The lowest BCUT2D eigenvalue weighted by Gasteiger charge is -2.46. The van der Waals surface area contributed by atoms with Crippen molar-refractivity contribution in [2.24, 2.45) is 11.8 Å². The highest BCUT2D eigenvalue weighted by atomic mass is 32.2. The van der Waals surface area contributed by atoms with Crippen LogP contribution in [0, 0.1) is 11.8 Å². The van der Waals surface area contributed by atoms with Crippen LogP contribution in [-0.2, 0) is 5.41 Å². The molecule has 6 heterocycles. The summed E-state index contributed by atoms with van der Waals surface area (Å²) in [5.41, 5.74) is 29.1. The molecule has 0 spiro atoms. The third-order valence-corrected chi connectivity index (χ3v) is 21.4. The van der Waals surface area contributed by atoms with Gasteiger partial charge in [-0.05, 0) is 177 Å². The SMILES string of the molecule is CC(C)(C)c1cc2c3c(c1)N(c1ccccc1)c1cc4c(cc1B3c1ccccc1N2c1ccccc1)B1c2ccccc2N(c2c(-c3ccccc3)cc(-c3ccccc3)cc2-c2ccccc2)c2cc(N3C5CC6CC(C5)C3C6)cc(c21)S4. The van der Waals surface area contributed by atoms with E-state index in [0.29, 0.717) is 12.1 Å². The molecule has 0 aromatic heterocycles. The molecule has 85 heavy (non-hydrogen) atoms. The highest BCUT2D eigenvalue weighted by molar-refractivity contribution is 8.00. The minimum absolute atomic E-state index is 0.0233. The zero-order valence-electron chi connectivity index (χ0n) is 48.2. The predicted molar refractivity (Wildman–Crippen MR) is 361 cm³/mol. The van der Waals surface area contributed by atoms with Crippen molar-refractivity contribution in [1.82, 2.24) is 0 Å². The molecule has 2 aliphatic carbocycles. The van der Waals surface area contributed by atoms with Crippen molar-refractivity contribution in [1.29, 1.82) is 0 Å². The van der Waals surface area contributed by atoms with Crippen molar-refractivity contribution in [2.45, 2.75) is 73.7 Å². The summed E-state index contributed by atoms with van der Waals surface area (Å²) in [5, 5.41) is 0. The molecular weight excluding hydrogens is 1050 g/mol. The van der Waals surface area contributed by atoms with Gasteiger partial charge in [0.25, 0.3) is 6.71 Å². The summed E-state index contributed by atoms with van der Waals surface area (Å²) in [7, 11) is 0. The first-order chi connectivity index (χ1) is 41.8. The summed E-state index contributed by atoms with van der Waals surface area (Å²) >= 11 is 2.01. The summed E-state index contributed by atoms with van der Waals surface area (Å²) in [6, 6.07) is 96.1. The van der Waals surface area contributed by atoms with E-state index in [1.54, 1.807) is 0 Å². The van der Waals surface area contributed by atoms with Crippen LogP contribution in [0.15, 0.2) is 259 Å². The molecule has 6 aliphatic heterocycles. The Morgan fingerprint density at radius 3 is 1.48 bits per heavy atom. The Kier molecular flexibility index (Phi) is 11.0. The lowest BCUT2D eigenvalue weighted by Crippen LogP contribution is -2.64. The Morgan fingerprint density at radius 1 is 0.376 bits per heavy atom. The highest BCUT2D eigenvalue weighted by Gasteiger charge is 2.54. The summed E-state index contributed by atoms with van der Waals surface area (Å²) in [4.78, 5) is 13.5. The molecule has 4 nitrogen and oxygen atoms in total. The smallest absolute Gasteiger partial charge is 0.252 e. The molecule has 11 aromatic rings. The number of anilines is 10. The van der Waals surface area contributed by atoms with Crippen LogP contribution in [0.4, 0.5) is 56.9 Å². The summed E-state index contributed by atoms with van der Waals surface area (Å²) in [6.07, 6.45) is 5.31. The maximum Gasteiger partial charge on any atom is 0.252 e. The molecule has 0 amide bonds. The second kappa shape index (κ2) is 18.8. The van der Waals surface area contributed by atoms with Gasteiger partial charge in [0.05, 0.1) is 5.69 Å². The first-order valence-corrected chi connectivity index (χ1v) is 31.6. The van der Waals surface area contributed by atoms with Gasteiger partial charge in [-0.15, -0.1) is 0 Å². The summed E-state index contributed by atoms with van der Waals surface area (Å²) < 4.78 is 0. The normalized spacial score (nSPS) is 18.9. The van der Waals surface area contributed by atoms with E-state index in [1.807, 2.05) is 11.8 Å². The van der Waals surface area contributed by atoms with Gasteiger partial charge in [0.2, 0.25) is 6.71 Å². The standard InChI is InChI=1S/C78H62B2N4S/c1-78(2,3)55-43-70-75-71(44-55)83(57-31-17-8-18-32-57)69-48-73-65(47-64(69)79(75)62-33-19-21-35-66(62)82(70)56-29-15-7-16-30-56)80-63-34-20-22-36-67(63)84(72-45-59(46-74(85-73)76(72)80)81-58-38-49-37-54(40-58)68(81)39-49)77-60(51-25-11-5-12-26-51)41-53(50-23-9-4-10-24-50)42-61(77)52-27-13-6-14-28-52/h4-36,41-49,54,58,68H,37-40H2,1-3H3. The minimum atomic E-state index is -0.113. The van der Waals surface area contributed by atoms with Gasteiger partial charge in [0.15, 0.2) is 0 Å². The van der Waals surface area contributed by atoms with Crippen LogP contribution in [0.5, 0.6) is 0 Å². The molecule has 4 fully saturated rings. The Hall–Kier alpha value is -8.90. The van der Waals surface area contributed by atoms with E-state index in [2.05, 4.69) is 289 Å². The number of fused-ring (bicyclic) bond motifs is 8. The van der Waals surface area contributed by atoms with Crippen molar-refractivity contribution in [3.05, 3.63) is 254 Å². The average Bonchev–Trinajstić information content (AvgIpc) is 1.22. The zero-order chi connectivity index (χ0) is 56.2. The van der Waals surface area contributed by atoms with Crippen molar-refractivity contribution in [3.8, 4) is 33.4 Å². The van der Waals surface area contributed by atoms with Crippen LogP contribution in [0.25, 0.3) is 33.4 Å². The van der Waals surface area contributed by atoms with E-state index >= 15 is 0 Å². The van der Waals surface area contributed by atoms with Gasteiger partial charge >= 0.3 is 0 Å². The third kappa shape index (κ3) is 7.51. The van der Waals surface area contributed by atoms with E-state index in [1.165, 1.54) is 164 Å². The largest absolute Gasteiger partial charge is 0.365 e. The quantitative estimate of drug-likeness (QED) is 0.147. The Bertz CT molecular complexity index is 4450.